The van der Waals surface area contributed by atoms with Gasteiger partial charge in [0.2, 0.25) is 5.91 Å². The maximum atomic E-state index is 11.4. The van der Waals surface area contributed by atoms with E-state index < -0.39 is 0 Å². The number of hydrogen-bond acceptors (Lipinski definition) is 1. The molecule has 2 nitrogen and oxygen atoms in total. The fourth-order valence-corrected chi connectivity index (χ4v) is 1.49. The third-order valence-electron chi connectivity index (χ3n) is 2.53. The van der Waals surface area contributed by atoms with E-state index in [0.717, 1.165) is 18.0 Å². The van der Waals surface area contributed by atoms with Crippen LogP contribution in [0.4, 0.5) is 5.69 Å². The van der Waals surface area contributed by atoms with Crippen molar-refractivity contribution in [2.45, 2.75) is 25.7 Å². The number of anilines is 1. The zero-order valence-corrected chi connectivity index (χ0v) is 8.20. The van der Waals surface area contributed by atoms with Crippen LogP contribution in [0.15, 0.2) is 30.3 Å². The molecule has 2 rings (SSSR count). The van der Waals surface area contributed by atoms with Crippen molar-refractivity contribution in [3.05, 3.63) is 30.3 Å². The Labute approximate surface area is 84.3 Å². The minimum Gasteiger partial charge on any atom is -0.326 e. The predicted octanol–water partition coefficient (Wildman–Crippen LogP) is 2.82. The van der Waals surface area contributed by atoms with Gasteiger partial charge in [-0.1, -0.05) is 31.0 Å². The lowest BCUT2D eigenvalue weighted by Crippen LogP contribution is -2.11. The lowest BCUT2D eigenvalue weighted by molar-refractivity contribution is -0.116. The van der Waals surface area contributed by atoms with Gasteiger partial charge in [0.25, 0.3) is 0 Å². The summed E-state index contributed by atoms with van der Waals surface area (Å²) in [6, 6.07) is 9.62. The van der Waals surface area contributed by atoms with Crippen LogP contribution in [0.3, 0.4) is 0 Å². The van der Waals surface area contributed by atoms with Crippen molar-refractivity contribution in [3.63, 3.8) is 0 Å². The van der Waals surface area contributed by atoms with E-state index in [4.69, 9.17) is 0 Å². The molecule has 1 aromatic rings. The first-order valence-electron chi connectivity index (χ1n) is 5.19. The summed E-state index contributed by atoms with van der Waals surface area (Å²) in [5.41, 5.74) is 0.897. The van der Waals surface area contributed by atoms with E-state index in [1.807, 2.05) is 30.3 Å². The van der Waals surface area contributed by atoms with Crippen molar-refractivity contribution in [1.82, 2.24) is 0 Å². The molecule has 0 bridgehead atoms. The van der Waals surface area contributed by atoms with Crippen LogP contribution in [0.2, 0.25) is 0 Å². The molecule has 0 aliphatic heterocycles. The topological polar surface area (TPSA) is 29.1 Å². The summed E-state index contributed by atoms with van der Waals surface area (Å²) in [6.07, 6.45) is 4.36. The maximum absolute atomic E-state index is 11.4. The molecule has 0 radical (unpaired) electrons. The second-order valence-corrected chi connectivity index (χ2v) is 3.90. The third-order valence-corrected chi connectivity index (χ3v) is 2.53. The first-order chi connectivity index (χ1) is 6.84. The van der Waals surface area contributed by atoms with Gasteiger partial charge >= 0.3 is 0 Å². The Hall–Kier alpha value is -1.31. The number of carbonyl (C=O) groups is 1. The van der Waals surface area contributed by atoms with Gasteiger partial charge in [-0.05, 0) is 24.5 Å². The van der Waals surface area contributed by atoms with Crippen molar-refractivity contribution in [3.8, 4) is 0 Å². The SMILES string of the molecule is O=C(CCC1CC1)Nc1ccccc1. The Balaban J connectivity index is 1.76. The van der Waals surface area contributed by atoms with Crippen LogP contribution in [-0.2, 0) is 4.79 Å². The molecule has 0 saturated heterocycles. The van der Waals surface area contributed by atoms with Crippen molar-refractivity contribution < 1.29 is 4.79 Å². The van der Waals surface area contributed by atoms with E-state index in [1.54, 1.807) is 0 Å². The molecule has 0 unspecified atom stereocenters. The molecule has 1 aromatic carbocycles. The van der Waals surface area contributed by atoms with E-state index in [0.29, 0.717) is 6.42 Å². The van der Waals surface area contributed by atoms with Crippen molar-refractivity contribution in [1.29, 1.82) is 0 Å². The van der Waals surface area contributed by atoms with Crippen LogP contribution >= 0.6 is 0 Å². The number of amides is 1. The van der Waals surface area contributed by atoms with Gasteiger partial charge in [-0.25, -0.2) is 0 Å². The molecule has 0 aromatic heterocycles. The van der Waals surface area contributed by atoms with E-state index in [9.17, 15) is 4.79 Å². The number of carbonyl (C=O) groups excluding carboxylic acids is 1. The molecular weight excluding hydrogens is 174 g/mol. The molecule has 74 valence electrons. The summed E-state index contributed by atoms with van der Waals surface area (Å²) in [5.74, 6) is 0.972. The summed E-state index contributed by atoms with van der Waals surface area (Å²) in [5, 5.41) is 2.89. The monoisotopic (exact) mass is 189 g/mol. The Bertz CT molecular complexity index is 303. The van der Waals surface area contributed by atoms with Gasteiger partial charge < -0.3 is 5.32 Å². The number of nitrogens with one attached hydrogen (secondary N) is 1. The maximum Gasteiger partial charge on any atom is 0.224 e. The largest absolute Gasteiger partial charge is 0.326 e. The van der Waals surface area contributed by atoms with Crippen molar-refractivity contribution in [2.75, 3.05) is 5.32 Å². The lowest BCUT2D eigenvalue weighted by atomic mass is 10.2. The Kier molecular flexibility index (Phi) is 2.82. The van der Waals surface area contributed by atoms with E-state index in [1.165, 1.54) is 12.8 Å². The highest BCUT2D eigenvalue weighted by Crippen LogP contribution is 2.33. The number of rotatable bonds is 4. The van der Waals surface area contributed by atoms with Crippen molar-refractivity contribution in [2.24, 2.45) is 5.92 Å². The lowest BCUT2D eigenvalue weighted by Gasteiger charge is -2.03. The van der Waals surface area contributed by atoms with Gasteiger partial charge in [0.05, 0.1) is 0 Å². The summed E-state index contributed by atoms with van der Waals surface area (Å²) >= 11 is 0. The molecule has 2 heteroatoms. The van der Waals surface area contributed by atoms with Gasteiger partial charge in [0.15, 0.2) is 0 Å². The second-order valence-electron chi connectivity index (χ2n) is 3.90. The molecule has 14 heavy (non-hydrogen) atoms. The molecule has 1 saturated carbocycles. The zero-order chi connectivity index (χ0) is 9.80. The minimum absolute atomic E-state index is 0.142. The van der Waals surface area contributed by atoms with Crippen LogP contribution < -0.4 is 5.32 Å². The fourth-order valence-electron chi connectivity index (χ4n) is 1.49. The van der Waals surface area contributed by atoms with Gasteiger partial charge in [-0.2, -0.15) is 0 Å². The van der Waals surface area contributed by atoms with Crippen LogP contribution in [0.25, 0.3) is 0 Å². The van der Waals surface area contributed by atoms with E-state index in [-0.39, 0.29) is 5.91 Å². The highest BCUT2D eigenvalue weighted by atomic mass is 16.1. The molecule has 1 aliphatic rings. The standard InChI is InChI=1S/C12H15NO/c14-12(9-8-10-6-7-10)13-11-4-2-1-3-5-11/h1-5,10H,6-9H2,(H,13,14). The molecule has 1 aliphatic carbocycles. The minimum atomic E-state index is 0.142. The number of benzene rings is 1. The first kappa shape index (κ1) is 9.25. The van der Waals surface area contributed by atoms with Crippen LogP contribution in [-0.4, -0.2) is 5.91 Å². The quantitative estimate of drug-likeness (QED) is 0.775. The summed E-state index contributed by atoms with van der Waals surface area (Å²) in [6.45, 7) is 0. The number of para-hydroxylation sites is 1. The van der Waals surface area contributed by atoms with Gasteiger partial charge in [-0.3, -0.25) is 4.79 Å². The third kappa shape index (κ3) is 2.87. The summed E-state index contributed by atoms with van der Waals surface area (Å²) < 4.78 is 0. The normalized spacial score (nSPS) is 15.1. The summed E-state index contributed by atoms with van der Waals surface area (Å²) in [4.78, 5) is 11.4. The molecule has 0 heterocycles. The van der Waals surface area contributed by atoms with Crippen LogP contribution in [0.5, 0.6) is 0 Å². The zero-order valence-electron chi connectivity index (χ0n) is 8.20. The molecular formula is C12H15NO. The molecule has 1 N–H and O–H groups in total. The average Bonchev–Trinajstić information content (AvgIpc) is 3.00. The van der Waals surface area contributed by atoms with Gasteiger partial charge in [0, 0.05) is 12.1 Å². The molecule has 0 spiro atoms. The summed E-state index contributed by atoms with van der Waals surface area (Å²) in [7, 11) is 0. The Morgan fingerprint density at radius 2 is 2.00 bits per heavy atom. The van der Waals surface area contributed by atoms with Crippen LogP contribution in [0.1, 0.15) is 25.7 Å². The van der Waals surface area contributed by atoms with Crippen LogP contribution in [0, 0.1) is 5.92 Å². The van der Waals surface area contributed by atoms with E-state index in [2.05, 4.69) is 5.32 Å². The van der Waals surface area contributed by atoms with Gasteiger partial charge in [-0.15, -0.1) is 0 Å². The number of hydrogen-bond donors (Lipinski definition) is 1. The van der Waals surface area contributed by atoms with E-state index >= 15 is 0 Å². The fraction of sp³-hybridized carbons (Fsp3) is 0.417. The Morgan fingerprint density at radius 1 is 1.29 bits per heavy atom. The highest BCUT2D eigenvalue weighted by molar-refractivity contribution is 5.90. The Morgan fingerprint density at radius 3 is 2.64 bits per heavy atom. The molecule has 1 amide bonds. The molecule has 0 atom stereocenters. The van der Waals surface area contributed by atoms with Gasteiger partial charge in [0.1, 0.15) is 0 Å². The first-order valence-corrected chi connectivity index (χ1v) is 5.19. The smallest absolute Gasteiger partial charge is 0.224 e. The highest BCUT2D eigenvalue weighted by Gasteiger charge is 2.21. The van der Waals surface area contributed by atoms with Crippen molar-refractivity contribution >= 4 is 11.6 Å². The average molecular weight is 189 g/mol. The predicted molar refractivity (Wildman–Crippen MR) is 57.0 cm³/mol. The molecule has 1 fully saturated rings. The second kappa shape index (κ2) is 4.27.